The normalized spacial score (nSPS) is 10.9. The Bertz CT molecular complexity index is 734. The van der Waals surface area contributed by atoms with Gasteiger partial charge in [-0.2, -0.15) is 0 Å². The molecule has 18 heavy (non-hydrogen) atoms. The first-order valence-corrected chi connectivity index (χ1v) is 5.32. The highest BCUT2D eigenvalue weighted by molar-refractivity contribution is 5.95. The van der Waals surface area contributed by atoms with Crippen LogP contribution in [0.2, 0.25) is 0 Å². The molecule has 6 heteroatoms. The average Bonchev–Trinajstić information content (AvgIpc) is 2.71. The van der Waals surface area contributed by atoms with Gasteiger partial charge >= 0.3 is 0 Å². The number of aromatic nitrogens is 3. The molecule has 0 saturated heterocycles. The highest BCUT2D eigenvalue weighted by Gasteiger charge is 2.13. The first kappa shape index (κ1) is 10.5. The molecule has 0 saturated carbocycles. The van der Waals surface area contributed by atoms with Gasteiger partial charge in [0.2, 0.25) is 5.95 Å². The molecule has 0 atom stereocenters. The fourth-order valence-electron chi connectivity index (χ4n) is 1.94. The van der Waals surface area contributed by atoms with Gasteiger partial charge < -0.3 is 11.6 Å². The predicted octanol–water partition coefficient (Wildman–Crippen LogP) is 1.53. The lowest BCUT2D eigenvalue weighted by atomic mass is 10.0. The third-order valence-corrected chi connectivity index (χ3v) is 2.83. The second-order valence-electron chi connectivity index (χ2n) is 3.89. The number of nitrogen functional groups attached to an aromatic ring is 2. The molecule has 0 aliphatic carbocycles. The molecule has 0 aliphatic rings. The molecule has 1 aromatic heterocycles. The molecule has 0 radical (unpaired) electrons. The van der Waals surface area contributed by atoms with E-state index in [-0.39, 0.29) is 11.8 Å². The summed E-state index contributed by atoms with van der Waals surface area (Å²) in [7, 11) is 0. The Morgan fingerprint density at radius 2 is 1.72 bits per heavy atom. The highest BCUT2D eigenvalue weighted by Crippen LogP contribution is 2.28. The van der Waals surface area contributed by atoms with Crippen molar-refractivity contribution in [2.45, 2.75) is 0 Å². The molecule has 90 valence electrons. The fraction of sp³-hybridized carbons (Fsp3) is 0. The topological polar surface area (TPSA) is 82.8 Å². The predicted molar refractivity (Wildman–Crippen MR) is 67.5 cm³/mol. The number of nitrogens with zero attached hydrogens (tertiary/aromatic N) is 3. The van der Waals surface area contributed by atoms with Gasteiger partial charge in [0.1, 0.15) is 5.82 Å². The van der Waals surface area contributed by atoms with Gasteiger partial charge in [-0.15, -0.1) is 10.2 Å². The van der Waals surface area contributed by atoms with Gasteiger partial charge in [-0.05, 0) is 17.5 Å². The monoisotopic (exact) mass is 243 g/mol. The van der Waals surface area contributed by atoms with Gasteiger partial charge in [0.25, 0.3) is 0 Å². The maximum atomic E-state index is 13.7. The van der Waals surface area contributed by atoms with E-state index in [4.69, 9.17) is 11.6 Å². The fourth-order valence-corrected chi connectivity index (χ4v) is 1.94. The number of hydrogen-bond donors (Lipinski definition) is 2. The van der Waals surface area contributed by atoms with E-state index in [9.17, 15) is 4.39 Å². The lowest BCUT2D eigenvalue weighted by Crippen LogP contribution is -2.13. The van der Waals surface area contributed by atoms with Gasteiger partial charge in [-0.25, -0.2) is 9.07 Å². The van der Waals surface area contributed by atoms with Crippen molar-refractivity contribution in [2.24, 2.45) is 0 Å². The van der Waals surface area contributed by atoms with Crippen LogP contribution in [0.3, 0.4) is 0 Å². The summed E-state index contributed by atoms with van der Waals surface area (Å²) in [5.41, 5.74) is 6.24. The summed E-state index contributed by atoms with van der Waals surface area (Å²) < 4.78 is 14.9. The van der Waals surface area contributed by atoms with Crippen LogP contribution in [0.15, 0.2) is 36.4 Å². The summed E-state index contributed by atoms with van der Waals surface area (Å²) in [6.07, 6.45) is 0. The van der Waals surface area contributed by atoms with Crippen LogP contribution < -0.4 is 11.6 Å². The molecule has 3 aromatic rings. The minimum Gasteiger partial charge on any atom is -0.366 e. The van der Waals surface area contributed by atoms with Crippen molar-refractivity contribution in [3.63, 3.8) is 0 Å². The summed E-state index contributed by atoms with van der Waals surface area (Å²) in [6, 6.07) is 10.1. The molecule has 0 spiro atoms. The Morgan fingerprint density at radius 3 is 2.39 bits per heavy atom. The van der Waals surface area contributed by atoms with Gasteiger partial charge in [0, 0.05) is 10.9 Å². The average molecular weight is 243 g/mol. The SMILES string of the molecule is Nc1nnc(-c2ccc(F)c3ccccc23)n1N. The first-order valence-electron chi connectivity index (χ1n) is 5.32. The van der Waals surface area contributed by atoms with E-state index in [1.54, 1.807) is 24.3 Å². The molecule has 5 nitrogen and oxygen atoms in total. The van der Waals surface area contributed by atoms with Crippen molar-refractivity contribution >= 4 is 16.7 Å². The van der Waals surface area contributed by atoms with Crippen LogP contribution >= 0.6 is 0 Å². The van der Waals surface area contributed by atoms with Gasteiger partial charge in [0.15, 0.2) is 5.82 Å². The minimum atomic E-state index is -0.287. The number of anilines is 1. The van der Waals surface area contributed by atoms with Crippen LogP contribution in [0.1, 0.15) is 0 Å². The first-order chi connectivity index (χ1) is 8.68. The van der Waals surface area contributed by atoms with E-state index in [1.807, 2.05) is 6.07 Å². The van der Waals surface area contributed by atoms with E-state index >= 15 is 0 Å². The molecule has 0 amide bonds. The third kappa shape index (κ3) is 1.39. The summed E-state index contributed by atoms with van der Waals surface area (Å²) in [5.74, 6) is 5.97. The van der Waals surface area contributed by atoms with Crippen LogP contribution in [0.4, 0.5) is 10.3 Å². The maximum absolute atomic E-state index is 13.7. The molecular weight excluding hydrogens is 233 g/mol. The van der Waals surface area contributed by atoms with Gasteiger partial charge in [-0.3, -0.25) is 0 Å². The maximum Gasteiger partial charge on any atom is 0.241 e. The molecular formula is C12H10FN5. The van der Waals surface area contributed by atoms with Gasteiger partial charge in [0.05, 0.1) is 0 Å². The van der Waals surface area contributed by atoms with E-state index in [2.05, 4.69) is 10.2 Å². The van der Waals surface area contributed by atoms with Crippen LogP contribution in [0, 0.1) is 5.82 Å². The molecule has 0 unspecified atom stereocenters. The summed E-state index contributed by atoms with van der Waals surface area (Å²) in [4.78, 5) is 0. The Labute approximate surface area is 102 Å². The van der Waals surface area contributed by atoms with Crippen molar-refractivity contribution in [2.75, 3.05) is 11.6 Å². The van der Waals surface area contributed by atoms with E-state index in [0.717, 1.165) is 5.39 Å². The third-order valence-electron chi connectivity index (χ3n) is 2.83. The standard InChI is InChI=1S/C12H10FN5/c13-10-6-5-9(7-3-1-2-4-8(7)10)11-16-17-12(14)18(11)15/h1-6H,15H2,(H2,14,17). The second-order valence-corrected chi connectivity index (χ2v) is 3.89. The van der Waals surface area contributed by atoms with Crippen LogP contribution in [-0.4, -0.2) is 14.9 Å². The number of rotatable bonds is 1. The zero-order chi connectivity index (χ0) is 12.7. The van der Waals surface area contributed by atoms with Crippen molar-refractivity contribution in [3.8, 4) is 11.4 Å². The Kier molecular flexibility index (Phi) is 2.16. The Morgan fingerprint density at radius 1 is 1.00 bits per heavy atom. The molecule has 0 bridgehead atoms. The van der Waals surface area contributed by atoms with E-state index in [0.29, 0.717) is 16.8 Å². The molecule has 0 aliphatic heterocycles. The number of halogens is 1. The van der Waals surface area contributed by atoms with Gasteiger partial charge in [-0.1, -0.05) is 24.3 Å². The van der Waals surface area contributed by atoms with E-state index in [1.165, 1.54) is 10.7 Å². The highest BCUT2D eigenvalue weighted by atomic mass is 19.1. The number of nitrogens with two attached hydrogens (primary N) is 2. The lowest BCUT2D eigenvalue weighted by molar-refractivity contribution is 0.640. The summed E-state index contributed by atoms with van der Waals surface area (Å²) in [5, 5.41) is 8.83. The molecule has 2 aromatic carbocycles. The summed E-state index contributed by atoms with van der Waals surface area (Å²) in [6.45, 7) is 0. The molecule has 1 heterocycles. The zero-order valence-corrected chi connectivity index (χ0v) is 9.34. The van der Waals surface area contributed by atoms with Crippen molar-refractivity contribution in [3.05, 3.63) is 42.2 Å². The number of hydrogen-bond acceptors (Lipinski definition) is 4. The van der Waals surface area contributed by atoms with Crippen molar-refractivity contribution in [1.29, 1.82) is 0 Å². The number of benzene rings is 2. The van der Waals surface area contributed by atoms with E-state index < -0.39 is 0 Å². The van der Waals surface area contributed by atoms with Crippen LogP contribution in [0.25, 0.3) is 22.2 Å². The number of fused-ring (bicyclic) bond motifs is 1. The Balaban J connectivity index is 2.37. The largest absolute Gasteiger partial charge is 0.366 e. The Hall–Kier alpha value is -2.63. The minimum absolute atomic E-state index is 0.110. The van der Waals surface area contributed by atoms with Crippen LogP contribution in [0.5, 0.6) is 0 Å². The zero-order valence-electron chi connectivity index (χ0n) is 9.34. The second kappa shape index (κ2) is 3.69. The van der Waals surface area contributed by atoms with Crippen LogP contribution in [-0.2, 0) is 0 Å². The summed E-state index contributed by atoms with van der Waals surface area (Å²) >= 11 is 0. The molecule has 3 rings (SSSR count). The van der Waals surface area contributed by atoms with Crippen molar-refractivity contribution < 1.29 is 4.39 Å². The smallest absolute Gasteiger partial charge is 0.241 e. The van der Waals surface area contributed by atoms with Crippen molar-refractivity contribution in [1.82, 2.24) is 14.9 Å². The molecule has 4 N–H and O–H groups in total. The molecule has 0 fully saturated rings. The lowest BCUT2D eigenvalue weighted by Gasteiger charge is -2.06. The quantitative estimate of drug-likeness (QED) is 0.635.